The van der Waals surface area contributed by atoms with E-state index in [0.29, 0.717) is 16.5 Å². The van der Waals surface area contributed by atoms with E-state index < -0.39 is 6.55 Å². The number of pyridine rings is 1. The molecular formula is C15H9F2N3. The molecule has 0 N–H and O–H groups in total. The highest BCUT2D eigenvalue weighted by Gasteiger charge is 2.22. The summed E-state index contributed by atoms with van der Waals surface area (Å²) < 4.78 is 27.7. The van der Waals surface area contributed by atoms with Gasteiger partial charge in [0.15, 0.2) is 0 Å². The maximum Gasteiger partial charge on any atom is 0.319 e. The summed E-state index contributed by atoms with van der Waals surface area (Å²) in [6, 6.07) is 12.0. The molecule has 20 heavy (non-hydrogen) atoms. The van der Waals surface area contributed by atoms with E-state index in [1.54, 1.807) is 42.6 Å². The maximum atomic E-state index is 13.4. The summed E-state index contributed by atoms with van der Waals surface area (Å²) in [6.07, 6.45) is 3.04. The van der Waals surface area contributed by atoms with Crippen molar-refractivity contribution in [1.82, 2.24) is 9.55 Å². The summed E-state index contributed by atoms with van der Waals surface area (Å²) >= 11 is 0. The van der Waals surface area contributed by atoms with E-state index in [0.717, 1.165) is 4.57 Å². The molecule has 0 saturated carbocycles. The molecule has 0 amide bonds. The van der Waals surface area contributed by atoms with Crippen LogP contribution in [0.2, 0.25) is 0 Å². The van der Waals surface area contributed by atoms with Gasteiger partial charge in [-0.05, 0) is 18.2 Å². The van der Waals surface area contributed by atoms with E-state index in [4.69, 9.17) is 0 Å². The van der Waals surface area contributed by atoms with Gasteiger partial charge >= 0.3 is 6.55 Å². The zero-order valence-corrected chi connectivity index (χ0v) is 10.3. The highest BCUT2D eigenvalue weighted by molar-refractivity contribution is 5.94. The SMILES string of the molecule is N#Cc1c(-c2cccnc2)n(C(F)F)c2ccccc12. The van der Waals surface area contributed by atoms with Crippen LogP contribution in [0, 0.1) is 11.3 Å². The molecule has 0 spiro atoms. The van der Waals surface area contributed by atoms with Crippen molar-refractivity contribution in [3.8, 4) is 17.3 Å². The summed E-state index contributed by atoms with van der Waals surface area (Å²) in [4.78, 5) is 3.94. The van der Waals surface area contributed by atoms with Crippen LogP contribution in [-0.4, -0.2) is 9.55 Å². The third-order valence-electron chi connectivity index (χ3n) is 3.15. The van der Waals surface area contributed by atoms with Crippen LogP contribution in [0.5, 0.6) is 0 Å². The van der Waals surface area contributed by atoms with E-state index >= 15 is 0 Å². The number of hydrogen-bond donors (Lipinski definition) is 0. The molecule has 0 aliphatic heterocycles. The molecule has 3 rings (SSSR count). The maximum absolute atomic E-state index is 13.4. The molecular weight excluding hydrogens is 260 g/mol. The van der Waals surface area contributed by atoms with Crippen molar-refractivity contribution in [3.63, 3.8) is 0 Å². The van der Waals surface area contributed by atoms with Crippen molar-refractivity contribution in [2.45, 2.75) is 6.55 Å². The second-order valence-electron chi connectivity index (χ2n) is 4.24. The first-order valence-corrected chi connectivity index (χ1v) is 5.95. The van der Waals surface area contributed by atoms with Gasteiger partial charge in [0.25, 0.3) is 0 Å². The largest absolute Gasteiger partial charge is 0.319 e. The van der Waals surface area contributed by atoms with Crippen molar-refractivity contribution in [1.29, 1.82) is 5.26 Å². The minimum atomic E-state index is -2.72. The van der Waals surface area contributed by atoms with Crippen molar-refractivity contribution in [2.24, 2.45) is 0 Å². The Morgan fingerprint density at radius 1 is 1.15 bits per heavy atom. The fraction of sp³-hybridized carbons (Fsp3) is 0.0667. The third-order valence-corrected chi connectivity index (χ3v) is 3.15. The van der Waals surface area contributed by atoms with Crippen LogP contribution in [0.25, 0.3) is 22.2 Å². The quantitative estimate of drug-likeness (QED) is 0.706. The molecule has 98 valence electrons. The second kappa shape index (κ2) is 4.74. The van der Waals surface area contributed by atoms with Gasteiger partial charge in [0, 0.05) is 23.3 Å². The molecule has 0 saturated heterocycles. The lowest BCUT2D eigenvalue weighted by Gasteiger charge is -2.09. The molecule has 0 aliphatic rings. The van der Waals surface area contributed by atoms with Gasteiger partial charge in [0.1, 0.15) is 6.07 Å². The molecule has 0 unspecified atom stereocenters. The van der Waals surface area contributed by atoms with Crippen LogP contribution in [0.15, 0.2) is 48.8 Å². The molecule has 5 heteroatoms. The van der Waals surface area contributed by atoms with Gasteiger partial charge in [-0.1, -0.05) is 18.2 Å². The molecule has 3 nitrogen and oxygen atoms in total. The number of halogens is 2. The van der Waals surface area contributed by atoms with Crippen LogP contribution in [0.1, 0.15) is 12.1 Å². The lowest BCUT2D eigenvalue weighted by atomic mass is 10.1. The number of benzene rings is 1. The topological polar surface area (TPSA) is 41.6 Å². The van der Waals surface area contributed by atoms with E-state index in [1.807, 2.05) is 6.07 Å². The highest BCUT2D eigenvalue weighted by atomic mass is 19.3. The number of nitriles is 1. The van der Waals surface area contributed by atoms with Gasteiger partial charge in [0.2, 0.25) is 0 Å². The van der Waals surface area contributed by atoms with Crippen molar-refractivity contribution in [2.75, 3.05) is 0 Å². The second-order valence-corrected chi connectivity index (χ2v) is 4.24. The lowest BCUT2D eigenvalue weighted by Crippen LogP contribution is -2.01. The van der Waals surface area contributed by atoms with Crippen LogP contribution >= 0.6 is 0 Å². The molecule has 1 aromatic carbocycles. The smallest absolute Gasteiger partial charge is 0.282 e. The average molecular weight is 269 g/mol. The first-order chi connectivity index (χ1) is 9.74. The Morgan fingerprint density at radius 3 is 2.60 bits per heavy atom. The molecule has 2 heterocycles. The summed E-state index contributed by atoms with van der Waals surface area (Å²) in [5.74, 6) is 0. The van der Waals surface area contributed by atoms with Crippen LogP contribution in [0.4, 0.5) is 8.78 Å². The van der Waals surface area contributed by atoms with Gasteiger partial charge in [-0.3, -0.25) is 9.55 Å². The summed E-state index contributed by atoms with van der Waals surface area (Å²) in [5, 5.41) is 9.87. The first kappa shape index (κ1) is 12.3. The highest BCUT2D eigenvalue weighted by Crippen LogP contribution is 2.36. The van der Waals surface area contributed by atoms with Crippen molar-refractivity contribution in [3.05, 3.63) is 54.4 Å². The standard InChI is InChI=1S/C15H9F2N3/c16-15(17)20-13-6-2-1-5-11(13)12(8-18)14(20)10-4-3-7-19-9-10/h1-7,9,15H. The molecule has 0 fully saturated rings. The number of para-hydroxylation sites is 1. The van der Waals surface area contributed by atoms with Gasteiger partial charge in [0.05, 0.1) is 16.8 Å². The number of rotatable bonds is 2. The van der Waals surface area contributed by atoms with E-state index in [1.165, 1.54) is 6.20 Å². The minimum Gasteiger partial charge on any atom is -0.282 e. The van der Waals surface area contributed by atoms with Crippen LogP contribution in [-0.2, 0) is 0 Å². The Hall–Kier alpha value is -2.74. The molecule has 3 aromatic rings. The Kier molecular flexibility index (Phi) is 2.92. The normalized spacial score (nSPS) is 10.9. The number of hydrogen-bond acceptors (Lipinski definition) is 2. The fourth-order valence-corrected chi connectivity index (χ4v) is 2.37. The van der Waals surface area contributed by atoms with Gasteiger partial charge in [-0.25, -0.2) is 0 Å². The van der Waals surface area contributed by atoms with Gasteiger partial charge < -0.3 is 0 Å². The zero-order chi connectivity index (χ0) is 14.1. The number of aromatic nitrogens is 2. The van der Waals surface area contributed by atoms with Gasteiger partial charge in [-0.2, -0.15) is 14.0 Å². The minimum absolute atomic E-state index is 0.205. The molecule has 0 radical (unpaired) electrons. The number of nitrogens with zero attached hydrogens (tertiary/aromatic N) is 3. The number of alkyl halides is 2. The molecule has 2 aromatic heterocycles. The first-order valence-electron chi connectivity index (χ1n) is 5.95. The average Bonchev–Trinajstić information content (AvgIpc) is 2.82. The molecule has 0 atom stereocenters. The summed E-state index contributed by atoms with van der Waals surface area (Å²) in [5.41, 5.74) is 1.30. The van der Waals surface area contributed by atoms with Crippen LogP contribution < -0.4 is 0 Å². The summed E-state index contributed by atoms with van der Waals surface area (Å²) in [6.45, 7) is -2.72. The molecule has 0 aliphatic carbocycles. The van der Waals surface area contributed by atoms with E-state index in [9.17, 15) is 14.0 Å². The third kappa shape index (κ3) is 1.74. The van der Waals surface area contributed by atoms with Gasteiger partial charge in [-0.15, -0.1) is 0 Å². The fourth-order valence-electron chi connectivity index (χ4n) is 2.37. The predicted molar refractivity (Wildman–Crippen MR) is 71.1 cm³/mol. The lowest BCUT2D eigenvalue weighted by molar-refractivity contribution is 0.0769. The Morgan fingerprint density at radius 2 is 1.95 bits per heavy atom. The number of fused-ring (bicyclic) bond motifs is 1. The van der Waals surface area contributed by atoms with E-state index in [-0.39, 0.29) is 11.3 Å². The Labute approximate surface area is 113 Å². The van der Waals surface area contributed by atoms with E-state index in [2.05, 4.69) is 4.98 Å². The van der Waals surface area contributed by atoms with Crippen molar-refractivity contribution >= 4 is 10.9 Å². The van der Waals surface area contributed by atoms with Crippen molar-refractivity contribution < 1.29 is 8.78 Å². The summed E-state index contributed by atoms with van der Waals surface area (Å²) in [7, 11) is 0. The molecule has 0 bridgehead atoms. The Bertz CT molecular complexity index is 801. The Balaban J connectivity index is 2.47. The monoisotopic (exact) mass is 269 g/mol. The zero-order valence-electron chi connectivity index (χ0n) is 10.3. The van der Waals surface area contributed by atoms with Crippen LogP contribution in [0.3, 0.4) is 0 Å². The predicted octanol–water partition coefficient (Wildman–Crippen LogP) is 3.97.